The van der Waals surface area contributed by atoms with Gasteiger partial charge in [-0.05, 0) is 91.4 Å². The van der Waals surface area contributed by atoms with Crippen molar-refractivity contribution in [1.29, 1.82) is 0 Å². The lowest BCUT2D eigenvalue weighted by Gasteiger charge is -2.33. The van der Waals surface area contributed by atoms with Gasteiger partial charge in [0.05, 0.1) is 7.11 Å². The third-order valence-corrected chi connectivity index (χ3v) is 8.02. The summed E-state index contributed by atoms with van der Waals surface area (Å²) >= 11 is 0. The molecular formula is C33H40F3N5O2. The molecular weight excluding hydrogens is 555 g/mol. The molecule has 0 radical (unpaired) electrons. The fourth-order valence-corrected chi connectivity index (χ4v) is 5.98. The molecule has 5 N–H and O–H groups in total. The first kappa shape index (κ1) is 30.7. The average Bonchev–Trinajstić information content (AvgIpc) is 3.33. The van der Waals surface area contributed by atoms with Crippen LogP contribution in [0.4, 0.5) is 18.9 Å². The molecule has 0 unspecified atom stereocenters. The van der Waals surface area contributed by atoms with Crippen LogP contribution in [-0.2, 0) is 19.6 Å². The van der Waals surface area contributed by atoms with E-state index in [1.165, 1.54) is 17.7 Å². The minimum Gasteiger partial charge on any atom is -0.497 e. The maximum absolute atomic E-state index is 12.9. The van der Waals surface area contributed by atoms with Gasteiger partial charge >= 0.3 is 6.36 Å². The number of anilines is 1. The number of aryl methyl sites for hydroxylation is 2. The SMILES string of the molecule is COc1cc(C)cc(NC2CCN(Cc3ccc4c(c3)c(-c3ccc(OC(F)(F)F)cc3CN)cn4CCCN)CC2)c1. The van der Waals surface area contributed by atoms with Gasteiger partial charge in [-0.2, -0.15) is 0 Å². The largest absolute Gasteiger partial charge is 0.573 e. The Hall–Kier alpha value is -3.73. The van der Waals surface area contributed by atoms with E-state index < -0.39 is 6.36 Å². The van der Waals surface area contributed by atoms with Crippen molar-refractivity contribution in [2.45, 2.75) is 58.2 Å². The molecule has 2 heterocycles. The first-order valence-corrected chi connectivity index (χ1v) is 14.7. The third-order valence-electron chi connectivity index (χ3n) is 8.02. The summed E-state index contributed by atoms with van der Waals surface area (Å²) in [6.45, 7) is 6.22. The maximum Gasteiger partial charge on any atom is 0.573 e. The lowest BCUT2D eigenvalue weighted by Crippen LogP contribution is -2.38. The second-order valence-corrected chi connectivity index (χ2v) is 11.2. The summed E-state index contributed by atoms with van der Waals surface area (Å²) in [6.07, 6.45) is 0.168. The molecule has 3 aromatic carbocycles. The van der Waals surface area contributed by atoms with Crippen molar-refractivity contribution in [2.24, 2.45) is 11.5 Å². The summed E-state index contributed by atoms with van der Waals surface area (Å²) in [4.78, 5) is 2.47. The lowest BCUT2D eigenvalue weighted by molar-refractivity contribution is -0.274. The molecule has 7 nitrogen and oxygen atoms in total. The van der Waals surface area contributed by atoms with E-state index in [-0.39, 0.29) is 12.3 Å². The predicted octanol–water partition coefficient (Wildman–Crippen LogP) is 6.41. The van der Waals surface area contributed by atoms with Crippen LogP contribution in [0, 0.1) is 6.92 Å². The van der Waals surface area contributed by atoms with E-state index in [1.54, 1.807) is 13.2 Å². The van der Waals surface area contributed by atoms with E-state index >= 15 is 0 Å². The van der Waals surface area contributed by atoms with E-state index in [2.05, 4.69) is 56.9 Å². The van der Waals surface area contributed by atoms with E-state index in [0.29, 0.717) is 18.2 Å². The molecule has 5 rings (SSSR count). The smallest absolute Gasteiger partial charge is 0.497 e. The molecule has 1 aromatic heterocycles. The van der Waals surface area contributed by atoms with Gasteiger partial charge in [-0.3, -0.25) is 4.90 Å². The molecule has 10 heteroatoms. The number of fused-ring (bicyclic) bond motifs is 1. The Morgan fingerprint density at radius 1 is 0.953 bits per heavy atom. The van der Waals surface area contributed by atoms with Crippen molar-refractivity contribution in [2.75, 3.05) is 32.1 Å². The number of nitrogens with zero attached hydrogens (tertiary/aromatic N) is 2. The summed E-state index contributed by atoms with van der Waals surface area (Å²) in [5.74, 6) is 0.583. The Balaban J connectivity index is 1.35. The number of alkyl halides is 3. The highest BCUT2D eigenvalue weighted by molar-refractivity contribution is 5.97. The van der Waals surface area contributed by atoms with Crippen LogP contribution >= 0.6 is 0 Å². The van der Waals surface area contributed by atoms with Crippen LogP contribution in [0.25, 0.3) is 22.0 Å². The summed E-state index contributed by atoms with van der Waals surface area (Å²) in [5.41, 5.74) is 18.6. The van der Waals surface area contributed by atoms with E-state index in [9.17, 15) is 13.2 Å². The van der Waals surface area contributed by atoms with Gasteiger partial charge in [-0.25, -0.2) is 0 Å². The van der Waals surface area contributed by atoms with Crippen LogP contribution in [0.3, 0.4) is 0 Å². The van der Waals surface area contributed by atoms with Crippen LogP contribution in [0.5, 0.6) is 11.5 Å². The number of piperidine rings is 1. The number of hydrogen-bond donors (Lipinski definition) is 3. The van der Waals surface area contributed by atoms with Crippen LogP contribution in [0.1, 0.15) is 36.0 Å². The molecule has 1 saturated heterocycles. The summed E-state index contributed by atoms with van der Waals surface area (Å²) in [5, 5.41) is 4.72. The molecule has 1 fully saturated rings. The van der Waals surface area contributed by atoms with Gasteiger partial charge in [-0.1, -0.05) is 12.1 Å². The Labute approximate surface area is 250 Å². The van der Waals surface area contributed by atoms with Gasteiger partial charge < -0.3 is 30.8 Å². The number of nitrogens with one attached hydrogen (secondary N) is 1. The number of aromatic nitrogens is 1. The van der Waals surface area contributed by atoms with Gasteiger partial charge in [0.2, 0.25) is 0 Å². The molecule has 0 saturated carbocycles. The number of methoxy groups -OCH3 is 1. The molecule has 1 aliphatic rings. The summed E-state index contributed by atoms with van der Waals surface area (Å²) in [6, 6.07) is 17.5. The standard InChI is InChI=1S/C33H40F3N5O2/c1-22-14-26(18-28(15-22)42-2)39-25-8-12-40(13-9-25)20-23-4-7-32-30(16-23)31(21-41(32)11-3-10-37)29-6-5-27(17-24(29)19-38)43-33(34,35)36/h4-7,14-18,21,25,39H,3,8-13,19-20,37-38H2,1-2H3. The van der Waals surface area contributed by atoms with Gasteiger partial charge in [0, 0.05) is 73.2 Å². The second-order valence-electron chi connectivity index (χ2n) is 11.2. The first-order chi connectivity index (χ1) is 20.6. The number of hydrogen-bond acceptors (Lipinski definition) is 6. The lowest BCUT2D eigenvalue weighted by atomic mass is 9.97. The van der Waals surface area contributed by atoms with E-state index in [4.69, 9.17) is 16.2 Å². The number of halogens is 3. The quantitative estimate of drug-likeness (QED) is 0.186. The average molecular weight is 596 g/mol. The van der Waals surface area contributed by atoms with E-state index in [1.807, 2.05) is 12.1 Å². The fourth-order valence-electron chi connectivity index (χ4n) is 5.98. The zero-order chi connectivity index (χ0) is 30.6. The van der Waals surface area contributed by atoms with Gasteiger partial charge in [0.1, 0.15) is 11.5 Å². The van der Waals surface area contributed by atoms with Gasteiger partial charge in [-0.15, -0.1) is 13.2 Å². The van der Waals surface area contributed by atoms with Crippen molar-refractivity contribution < 1.29 is 22.6 Å². The van der Waals surface area contributed by atoms with Crippen molar-refractivity contribution in [3.05, 3.63) is 77.5 Å². The molecule has 1 aliphatic heterocycles. The van der Waals surface area contributed by atoms with Crippen LogP contribution in [-0.4, -0.2) is 48.6 Å². The van der Waals surface area contributed by atoms with Gasteiger partial charge in [0.15, 0.2) is 0 Å². The third kappa shape index (κ3) is 7.62. The first-order valence-electron chi connectivity index (χ1n) is 14.7. The molecule has 0 bridgehead atoms. The topological polar surface area (TPSA) is 90.7 Å². The molecule has 4 aromatic rings. The zero-order valence-electron chi connectivity index (χ0n) is 24.7. The Bertz CT molecular complexity index is 1540. The van der Waals surface area contributed by atoms with E-state index in [0.717, 1.165) is 84.5 Å². The van der Waals surface area contributed by atoms with Crippen LogP contribution in [0.2, 0.25) is 0 Å². The zero-order valence-corrected chi connectivity index (χ0v) is 24.7. The number of benzene rings is 3. The number of likely N-dealkylation sites (tertiary alicyclic amines) is 1. The van der Waals surface area contributed by atoms with Crippen molar-refractivity contribution in [3.63, 3.8) is 0 Å². The molecule has 0 atom stereocenters. The van der Waals surface area contributed by atoms with Crippen molar-refractivity contribution >= 4 is 16.6 Å². The Kier molecular flexibility index (Phi) is 9.49. The highest BCUT2D eigenvalue weighted by Gasteiger charge is 2.31. The minimum absolute atomic E-state index is 0.0812. The number of nitrogens with two attached hydrogens (primary N) is 2. The molecule has 0 amide bonds. The second kappa shape index (κ2) is 13.3. The minimum atomic E-state index is -4.76. The predicted molar refractivity (Wildman–Crippen MR) is 165 cm³/mol. The molecule has 0 aliphatic carbocycles. The number of ether oxygens (including phenoxy) is 2. The van der Waals surface area contributed by atoms with Gasteiger partial charge in [0.25, 0.3) is 0 Å². The molecule has 43 heavy (non-hydrogen) atoms. The summed E-state index contributed by atoms with van der Waals surface area (Å²) < 4.78 is 50.3. The molecule has 0 spiro atoms. The highest BCUT2D eigenvalue weighted by atomic mass is 19.4. The summed E-state index contributed by atoms with van der Waals surface area (Å²) in [7, 11) is 1.69. The van der Waals surface area contributed by atoms with Crippen LogP contribution in [0.15, 0.2) is 60.8 Å². The van der Waals surface area contributed by atoms with Crippen molar-refractivity contribution in [1.82, 2.24) is 9.47 Å². The molecule has 230 valence electrons. The monoisotopic (exact) mass is 595 g/mol. The van der Waals surface area contributed by atoms with Crippen molar-refractivity contribution in [3.8, 4) is 22.6 Å². The Morgan fingerprint density at radius 2 is 1.74 bits per heavy atom. The fraction of sp³-hybridized carbons (Fsp3) is 0.394. The number of rotatable bonds is 11. The Morgan fingerprint density at radius 3 is 2.44 bits per heavy atom. The van der Waals surface area contributed by atoms with Crippen LogP contribution < -0.4 is 26.3 Å². The highest BCUT2D eigenvalue weighted by Crippen LogP contribution is 2.36. The maximum atomic E-state index is 12.9. The normalized spacial score (nSPS) is 14.8.